The lowest BCUT2D eigenvalue weighted by Crippen LogP contribution is -2.50. The Balaban J connectivity index is 2.27. The summed E-state index contributed by atoms with van der Waals surface area (Å²) in [6.07, 6.45) is 2.60. The zero-order chi connectivity index (χ0) is 15.4. The van der Waals surface area contributed by atoms with Crippen LogP contribution < -0.4 is 4.90 Å². The van der Waals surface area contributed by atoms with Crippen LogP contribution in [-0.4, -0.2) is 41.1 Å². The van der Waals surface area contributed by atoms with Crippen LogP contribution in [0.15, 0.2) is 24.3 Å². The second-order valence-corrected chi connectivity index (χ2v) is 5.45. The Labute approximate surface area is 125 Å². The van der Waals surface area contributed by atoms with Crippen LogP contribution in [0.3, 0.4) is 0 Å². The van der Waals surface area contributed by atoms with Crippen molar-refractivity contribution in [3.8, 4) is 0 Å². The zero-order valence-corrected chi connectivity index (χ0v) is 12.6. The third-order valence-electron chi connectivity index (χ3n) is 4.02. The Morgan fingerprint density at radius 2 is 2.10 bits per heavy atom. The molecule has 0 aliphatic carbocycles. The average molecular weight is 290 g/mol. The summed E-state index contributed by atoms with van der Waals surface area (Å²) in [7, 11) is 0. The van der Waals surface area contributed by atoms with Gasteiger partial charge in [0.1, 0.15) is 6.54 Å². The van der Waals surface area contributed by atoms with Crippen molar-refractivity contribution in [2.45, 2.75) is 39.2 Å². The van der Waals surface area contributed by atoms with Gasteiger partial charge < -0.3 is 10.0 Å². The molecule has 2 rings (SSSR count). The van der Waals surface area contributed by atoms with E-state index in [2.05, 4.69) is 0 Å². The Hall–Kier alpha value is -2.04. The molecule has 0 spiro atoms. The maximum absolute atomic E-state index is 12.8. The van der Waals surface area contributed by atoms with Crippen LogP contribution >= 0.6 is 0 Å². The van der Waals surface area contributed by atoms with Crippen molar-refractivity contribution in [3.63, 3.8) is 0 Å². The summed E-state index contributed by atoms with van der Waals surface area (Å²) < 4.78 is 0. The number of benzene rings is 1. The molecule has 0 saturated carbocycles. The molecule has 1 heterocycles. The third kappa shape index (κ3) is 3.35. The topological polar surface area (TPSA) is 60.9 Å². The molecule has 0 bridgehead atoms. The molecule has 1 aliphatic heterocycles. The van der Waals surface area contributed by atoms with Crippen molar-refractivity contribution >= 4 is 17.7 Å². The molecule has 0 aromatic heterocycles. The van der Waals surface area contributed by atoms with Crippen LogP contribution in [0.25, 0.3) is 0 Å². The largest absolute Gasteiger partial charge is 0.480 e. The van der Waals surface area contributed by atoms with Crippen LogP contribution in [0.5, 0.6) is 0 Å². The zero-order valence-electron chi connectivity index (χ0n) is 12.6. The number of carbonyl (C=O) groups excluding carboxylic acids is 1. The normalized spacial score (nSPS) is 15.2. The van der Waals surface area contributed by atoms with Crippen LogP contribution in [0.1, 0.15) is 32.3 Å². The number of nitrogens with zero attached hydrogens (tertiary/aromatic N) is 2. The number of rotatable bonds is 4. The summed E-state index contributed by atoms with van der Waals surface area (Å²) in [6.45, 7) is 4.22. The van der Waals surface area contributed by atoms with E-state index in [9.17, 15) is 9.59 Å². The SMILES string of the molecule is CCC(C)N(CC(=O)O)C(=O)N1CCCc2ccccc21. The number of hydrogen-bond donors (Lipinski definition) is 1. The Morgan fingerprint density at radius 3 is 2.76 bits per heavy atom. The highest BCUT2D eigenvalue weighted by Crippen LogP contribution is 2.28. The van der Waals surface area contributed by atoms with Gasteiger partial charge in [0.15, 0.2) is 0 Å². The van der Waals surface area contributed by atoms with Gasteiger partial charge in [0.25, 0.3) is 0 Å². The number of aryl methyl sites for hydroxylation is 1. The second kappa shape index (κ2) is 6.61. The summed E-state index contributed by atoms with van der Waals surface area (Å²) in [6, 6.07) is 7.54. The second-order valence-electron chi connectivity index (χ2n) is 5.45. The van der Waals surface area contributed by atoms with Crippen molar-refractivity contribution in [2.75, 3.05) is 18.0 Å². The molecule has 5 nitrogen and oxygen atoms in total. The number of amides is 2. The predicted octanol–water partition coefficient (Wildman–Crippen LogP) is 2.74. The first-order chi connectivity index (χ1) is 10.0. The molecule has 1 N–H and O–H groups in total. The van der Waals surface area contributed by atoms with E-state index in [-0.39, 0.29) is 18.6 Å². The fourth-order valence-corrected chi connectivity index (χ4v) is 2.67. The number of para-hydroxylation sites is 1. The first kappa shape index (κ1) is 15.4. The van der Waals surface area contributed by atoms with Crippen LogP contribution in [0.4, 0.5) is 10.5 Å². The predicted molar refractivity (Wildman–Crippen MR) is 81.6 cm³/mol. The minimum absolute atomic E-state index is 0.0947. The maximum Gasteiger partial charge on any atom is 0.325 e. The fourth-order valence-electron chi connectivity index (χ4n) is 2.67. The van der Waals surface area contributed by atoms with Gasteiger partial charge in [-0.1, -0.05) is 25.1 Å². The van der Waals surface area contributed by atoms with E-state index in [1.807, 2.05) is 38.1 Å². The number of anilines is 1. The Morgan fingerprint density at radius 1 is 1.38 bits per heavy atom. The fraction of sp³-hybridized carbons (Fsp3) is 0.500. The van der Waals surface area contributed by atoms with E-state index in [0.717, 1.165) is 30.5 Å². The van der Waals surface area contributed by atoms with E-state index in [1.54, 1.807) is 4.90 Å². The van der Waals surface area contributed by atoms with Gasteiger partial charge in [-0.05, 0) is 37.8 Å². The number of hydrogen-bond acceptors (Lipinski definition) is 2. The van der Waals surface area contributed by atoms with E-state index in [4.69, 9.17) is 5.11 Å². The minimum Gasteiger partial charge on any atom is -0.480 e. The van der Waals surface area contributed by atoms with Gasteiger partial charge in [0.05, 0.1) is 0 Å². The highest BCUT2D eigenvalue weighted by molar-refractivity contribution is 5.95. The number of fused-ring (bicyclic) bond motifs is 1. The van der Waals surface area contributed by atoms with Crippen LogP contribution in [-0.2, 0) is 11.2 Å². The number of carboxylic acid groups (broad SMARTS) is 1. The molecular weight excluding hydrogens is 268 g/mol. The van der Waals surface area contributed by atoms with Crippen LogP contribution in [0.2, 0.25) is 0 Å². The quantitative estimate of drug-likeness (QED) is 0.927. The average Bonchev–Trinajstić information content (AvgIpc) is 2.50. The summed E-state index contributed by atoms with van der Waals surface area (Å²) >= 11 is 0. The molecule has 1 aromatic carbocycles. The number of urea groups is 1. The van der Waals surface area contributed by atoms with E-state index < -0.39 is 5.97 Å². The molecular formula is C16H22N2O3. The van der Waals surface area contributed by atoms with Crippen LogP contribution in [0, 0.1) is 0 Å². The highest BCUT2D eigenvalue weighted by atomic mass is 16.4. The highest BCUT2D eigenvalue weighted by Gasteiger charge is 2.29. The number of carboxylic acids is 1. The van der Waals surface area contributed by atoms with Crippen molar-refractivity contribution < 1.29 is 14.7 Å². The Bertz CT molecular complexity index is 530. The van der Waals surface area contributed by atoms with Gasteiger partial charge in [-0.2, -0.15) is 0 Å². The lowest BCUT2D eigenvalue weighted by atomic mass is 10.0. The van der Waals surface area contributed by atoms with Gasteiger partial charge in [-0.3, -0.25) is 9.69 Å². The maximum atomic E-state index is 12.8. The molecule has 5 heteroatoms. The summed E-state index contributed by atoms with van der Waals surface area (Å²) in [5.74, 6) is -0.978. The number of carbonyl (C=O) groups is 2. The molecule has 1 atom stereocenters. The molecule has 0 radical (unpaired) electrons. The summed E-state index contributed by atoms with van der Waals surface area (Å²) in [4.78, 5) is 27.0. The van der Waals surface area contributed by atoms with Gasteiger partial charge in [-0.25, -0.2) is 4.79 Å². The molecule has 1 unspecified atom stereocenters. The molecule has 2 amide bonds. The smallest absolute Gasteiger partial charge is 0.325 e. The number of aliphatic carboxylic acids is 1. The van der Waals surface area contributed by atoms with Crippen molar-refractivity contribution in [1.29, 1.82) is 0 Å². The van der Waals surface area contributed by atoms with E-state index in [0.29, 0.717) is 6.54 Å². The van der Waals surface area contributed by atoms with E-state index in [1.165, 1.54) is 4.90 Å². The Kier molecular flexibility index (Phi) is 4.83. The lowest BCUT2D eigenvalue weighted by Gasteiger charge is -2.36. The third-order valence-corrected chi connectivity index (χ3v) is 4.02. The standard InChI is InChI=1S/C16H22N2O3/c1-3-12(2)18(11-15(19)20)16(21)17-10-6-8-13-7-4-5-9-14(13)17/h4-5,7,9,12H,3,6,8,10-11H2,1-2H3,(H,19,20). The summed E-state index contributed by atoms with van der Waals surface area (Å²) in [5, 5.41) is 9.06. The van der Waals surface area contributed by atoms with Gasteiger partial charge >= 0.3 is 12.0 Å². The first-order valence-electron chi connectivity index (χ1n) is 7.42. The molecule has 0 saturated heterocycles. The summed E-state index contributed by atoms with van der Waals surface area (Å²) in [5.41, 5.74) is 2.06. The molecule has 1 aliphatic rings. The monoisotopic (exact) mass is 290 g/mol. The lowest BCUT2D eigenvalue weighted by molar-refractivity contribution is -0.138. The molecule has 0 fully saturated rings. The minimum atomic E-state index is -0.978. The first-order valence-corrected chi connectivity index (χ1v) is 7.42. The van der Waals surface area contributed by atoms with Crippen molar-refractivity contribution in [1.82, 2.24) is 4.90 Å². The van der Waals surface area contributed by atoms with E-state index >= 15 is 0 Å². The van der Waals surface area contributed by atoms with Gasteiger partial charge in [0.2, 0.25) is 0 Å². The molecule has 114 valence electrons. The van der Waals surface area contributed by atoms with Gasteiger partial charge in [0, 0.05) is 18.3 Å². The van der Waals surface area contributed by atoms with Crippen molar-refractivity contribution in [3.05, 3.63) is 29.8 Å². The van der Waals surface area contributed by atoms with Crippen molar-refractivity contribution in [2.24, 2.45) is 0 Å². The van der Waals surface area contributed by atoms with Gasteiger partial charge in [-0.15, -0.1) is 0 Å². The molecule has 21 heavy (non-hydrogen) atoms. The molecule has 1 aromatic rings.